The molecule has 7 nitrogen and oxygen atoms in total. The number of nitrogens with zero attached hydrogens (tertiary/aromatic N) is 3. The Kier molecular flexibility index (Phi) is 4.71. The van der Waals surface area contributed by atoms with E-state index >= 15 is 0 Å². The molecular weight excluding hydrogens is 342 g/mol. The maximum atomic E-state index is 11.5. The summed E-state index contributed by atoms with van der Waals surface area (Å²) < 4.78 is 2.10. The molecule has 0 saturated carbocycles. The molecule has 2 aromatic heterocycles. The van der Waals surface area contributed by atoms with Gasteiger partial charge in [0, 0.05) is 11.9 Å². The third-order valence-electron chi connectivity index (χ3n) is 4.58. The molecule has 0 radical (unpaired) electrons. The van der Waals surface area contributed by atoms with Crippen LogP contribution in [0.4, 0.5) is 10.6 Å². The summed E-state index contributed by atoms with van der Waals surface area (Å²) in [6, 6.07) is 7.33. The molecule has 1 unspecified atom stereocenters. The van der Waals surface area contributed by atoms with E-state index in [-0.39, 0.29) is 5.41 Å². The summed E-state index contributed by atoms with van der Waals surface area (Å²) in [5.74, 6) is 1.37. The molecule has 0 fully saturated rings. The predicted octanol–water partition coefficient (Wildman–Crippen LogP) is 4.18. The molecule has 4 N–H and O–H groups in total. The Balaban J connectivity index is 2.40. The van der Waals surface area contributed by atoms with Crippen LogP contribution >= 0.6 is 0 Å². The second-order valence-electron chi connectivity index (χ2n) is 8.43. The molecule has 3 aromatic rings. The minimum Gasteiger partial charge on any atom is -0.465 e. The third kappa shape index (κ3) is 3.54. The van der Waals surface area contributed by atoms with Gasteiger partial charge in [0.05, 0.1) is 17.1 Å². The molecule has 0 aliphatic rings. The summed E-state index contributed by atoms with van der Waals surface area (Å²) in [5.41, 5.74) is 8.18. The summed E-state index contributed by atoms with van der Waals surface area (Å²) in [5, 5.41) is 13.0. The Morgan fingerprint density at radius 3 is 2.52 bits per heavy atom. The van der Waals surface area contributed by atoms with Crippen molar-refractivity contribution in [2.45, 2.75) is 47.2 Å². The molecule has 144 valence electrons. The van der Waals surface area contributed by atoms with Crippen LogP contribution in [0, 0.1) is 11.3 Å². The van der Waals surface area contributed by atoms with E-state index in [9.17, 15) is 9.90 Å². The van der Waals surface area contributed by atoms with Crippen molar-refractivity contribution in [3.63, 3.8) is 0 Å². The predicted molar refractivity (Wildman–Crippen MR) is 108 cm³/mol. The van der Waals surface area contributed by atoms with Crippen LogP contribution in [0.3, 0.4) is 0 Å². The lowest BCUT2D eigenvalue weighted by Gasteiger charge is -2.30. The molecule has 0 spiro atoms. The third-order valence-corrected chi connectivity index (χ3v) is 4.58. The van der Waals surface area contributed by atoms with Crippen molar-refractivity contribution in [2.75, 3.05) is 5.73 Å². The van der Waals surface area contributed by atoms with Crippen molar-refractivity contribution in [3.05, 3.63) is 30.1 Å². The minimum atomic E-state index is -1.07. The molecule has 1 aromatic carbocycles. The SMILES string of the molecule is CC(C)Cn1c(C(NC(=O)O)C(C)(C)C)nc2c(N)nc3ccccc3c21. The van der Waals surface area contributed by atoms with E-state index in [4.69, 9.17) is 10.7 Å². The number of nitrogens with two attached hydrogens (primary N) is 1. The Morgan fingerprint density at radius 1 is 1.26 bits per heavy atom. The zero-order valence-corrected chi connectivity index (χ0v) is 16.4. The molecule has 0 aliphatic carbocycles. The second kappa shape index (κ2) is 6.72. The van der Waals surface area contributed by atoms with E-state index in [2.05, 4.69) is 28.7 Å². The molecule has 0 bridgehead atoms. The number of amides is 1. The zero-order valence-electron chi connectivity index (χ0n) is 16.4. The Hall–Kier alpha value is -2.83. The number of pyridine rings is 1. The summed E-state index contributed by atoms with van der Waals surface area (Å²) in [6.45, 7) is 10.9. The van der Waals surface area contributed by atoms with Gasteiger partial charge in [-0.15, -0.1) is 0 Å². The summed E-state index contributed by atoms with van der Waals surface area (Å²) in [7, 11) is 0. The van der Waals surface area contributed by atoms with Gasteiger partial charge in [-0.05, 0) is 17.4 Å². The fourth-order valence-electron chi connectivity index (χ4n) is 3.44. The van der Waals surface area contributed by atoms with Crippen LogP contribution in [-0.2, 0) is 6.54 Å². The van der Waals surface area contributed by atoms with Gasteiger partial charge >= 0.3 is 6.09 Å². The first-order valence-electron chi connectivity index (χ1n) is 9.13. The van der Waals surface area contributed by atoms with Crippen LogP contribution in [0.2, 0.25) is 0 Å². The average Bonchev–Trinajstić information content (AvgIpc) is 2.91. The monoisotopic (exact) mass is 369 g/mol. The van der Waals surface area contributed by atoms with Gasteiger partial charge in [-0.25, -0.2) is 14.8 Å². The quantitative estimate of drug-likeness (QED) is 0.640. The zero-order chi connectivity index (χ0) is 19.9. The molecule has 3 rings (SSSR count). The maximum Gasteiger partial charge on any atom is 0.405 e. The first kappa shape index (κ1) is 18.9. The van der Waals surface area contributed by atoms with Gasteiger partial charge in [0.2, 0.25) is 0 Å². The van der Waals surface area contributed by atoms with E-state index in [1.807, 2.05) is 45.0 Å². The average molecular weight is 369 g/mol. The molecule has 2 heterocycles. The number of rotatable bonds is 4. The minimum absolute atomic E-state index is 0.347. The molecule has 1 atom stereocenters. The maximum absolute atomic E-state index is 11.5. The normalized spacial score (nSPS) is 13.4. The topological polar surface area (TPSA) is 106 Å². The highest BCUT2D eigenvalue weighted by Crippen LogP contribution is 2.37. The highest BCUT2D eigenvalue weighted by Gasteiger charge is 2.33. The Bertz CT molecular complexity index is 1000. The van der Waals surface area contributed by atoms with Crippen LogP contribution < -0.4 is 11.1 Å². The number of hydrogen-bond acceptors (Lipinski definition) is 4. The molecule has 0 saturated heterocycles. The molecular formula is C20H27N5O2. The summed E-state index contributed by atoms with van der Waals surface area (Å²) in [6.07, 6.45) is -1.07. The van der Waals surface area contributed by atoms with E-state index in [1.54, 1.807) is 0 Å². The van der Waals surface area contributed by atoms with Crippen LogP contribution in [-0.4, -0.2) is 25.7 Å². The number of aromatic nitrogens is 3. The van der Waals surface area contributed by atoms with Gasteiger partial charge in [-0.2, -0.15) is 0 Å². The number of benzene rings is 1. The van der Waals surface area contributed by atoms with Crippen LogP contribution in [0.1, 0.15) is 46.5 Å². The Labute approximate surface area is 158 Å². The first-order chi connectivity index (χ1) is 12.6. The molecule has 1 amide bonds. The lowest BCUT2D eigenvalue weighted by atomic mass is 9.86. The van der Waals surface area contributed by atoms with Crippen molar-refractivity contribution in [3.8, 4) is 0 Å². The van der Waals surface area contributed by atoms with E-state index in [0.29, 0.717) is 29.6 Å². The number of anilines is 1. The van der Waals surface area contributed by atoms with Gasteiger partial charge in [0.1, 0.15) is 11.3 Å². The highest BCUT2D eigenvalue weighted by molar-refractivity contribution is 6.06. The number of imidazole rings is 1. The van der Waals surface area contributed by atoms with Gasteiger partial charge in [0.15, 0.2) is 5.82 Å². The lowest BCUT2D eigenvalue weighted by Crippen LogP contribution is -2.37. The number of carbonyl (C=O) groups is 1. The van der Waals surface area contributed by atoms with Gasteiger partial charge in [-0.3, -0.25) is 0 Å². The fraction of sp³-hybridized carbons (Fsp3) is 0.450. The number of hydrogen-bond donors (Lipinski definition) is 3. The summed E-state index contributed by atoms with van der Waals surface area (Å²) in [4.78, 5) is 20.7. The van der Waals surface area contributed by atoms with Crippen molar-refractivity contribution < 1.29 is 9.90 Å². The number of fused-ring (bicyclic) bond motifs is 3. The lowest BCUT2D eigenvalue weighted by molar-refractivity contribution is 0.171. The standard InChI is InChI=1S/C20H27N5O2/c1-11(2)10-25-15-12-8-6-7-9-13(12)22-17(21)14(15)23-18(25)16(20(3,4)5)24-19(26)27/h6-9,11,16,24H,10H2,1-5H3,(H2,21,22)(H,26,27). The van der Waals surface area contributed by atoms with Crippen LogP contribution in [0.15, 0.2) is 24.3 Å². The van der Waals surface area contributed by atoms with Crippen LogP contribution in [0.25, 0.3) is 21.9 Å². The van der Waals surface area contributed by atoms with Gasteiger partial charge in [-0.1, -0.05) is 52.8 Å². The largest absolute Gasteiger partial charge is 0.465 e. The van der Waals surface area contributed by atoms with Gasteiger partial charge < -0.3 is 20.7 Å². The van der Waals surface area contributed by atoms with Crippen molar-refractivity contribution in [1.29, 1.82) is 0 Å². The second-order valence-corrected chi connectivity index (χ2v) is 8.43. The van der Waals surface area contributed by atoms with Crippen molar-refractivity contribution >= 4 is 33.8 Å². The number of para-hydroxylation sites is 1. The van der Waals surface area contributed by atoms with Crippen molar-refractivity contribution in [2.24, 2.45) is 11.3 Å². The molecule has 0 aliphatic heterocycles. The van der Waals surface area contributed by atoms with E-state index in [0.717, 1.165) is 16.4 Å². The number of carboxylic acid groups (broad SMARTS) is 1. The Morgan fingerprint density at radius 2 is 1.93 bits per heavy atom. The van der Waals surface area contributed by atoms with E-state index < -0.39 is 12.1 Å². The number of nitrogens with one attached hydrogen (secondary N) is 1. The smallest absolute Gasteiger partial charge is 0.405 e. The molecule has 7 heteroatoms. The first-order valence-corrected chi connectivity index (χ1v) is 9.13. The van der Waals surface area contributed by atoms with Gasteiger partial charge in [0.25, 0.3) is 0 Å². The highest BCUT2D eigenvalue weighted by atomic mass is 16.4. The molecule has 27 heavy (non-hydrogen) atoms. The fourth-order valence-corrected chi connectivity index (χ4v) is 3.44. The number of nitrogen functional groups attached to an aromatic ring is 1. The van der Waals surface area contributed by atoms with Crippen molar-refractivity contribution in [1.82, 2.24) is 19.9 Å². The summed E-state index contributed by atoms with van der Waals surface area (Å²) >= 11 is 0. The van der Waals surface area contributed by atoms with E-state index in [1.165, 1.54) is 0 Å². The van der Waals surface area contributed by atoms with Crippen LogP contribution in [0.5, 0.6) is 0 Å².